The highest BCUT2D eigenvalue weighted by Gasteiger charge is 2.38. The zero-order chi connectivity index (χ0) is 14.0. The van der Waals surface area contributed by atoms with Gasteiger partial charge in [-0.15, -0.1) is 0 Å². The minimum absolute atomic E-state index is 0.556. The Morgan fingerprint density at radius 2 is 1.11 bits per heavy atom. The smallest absolute Gasteiger partial charge is 0.251 e. The summed E-state index contributed by atoms with van der Waals surface area (Å²) in [5.41, 5.74) is 1.11. The van der Waals surface area contributed by atoms with Crippen LogP contribution in [0.4, 0.5) is 0 Å². The van der Waals surface area contributed by atoms with Crippen LogP contribution in [0.1, 0.15) is 11.1 Å². The van der Waals surface area contributed by atoms with E-state index in [0.717, 1.165) is 0 Å². The van der Waals surface area contributed by atoms with Gasteiger partial charge in [-0.25, -0.2) is 0 Å². The lowest BCUT2D eigenvalue weighted by molar-refractivity contribution is -0.113. The fraction of sp³-hybridized carbons (Fsp3) is 0.0714. The van der Waals surface area contributed by atoms with E-state index in [2.05, 4.69) is 0 Å². The zero-order valence-corrected chi connectivity index (χ0v) is 12.6. The summed E-state index contributed by atoms with van der Waals surface area (Å²) in [6.45, 7) is 0. The maximum Gasteiger partial charge on any atom is 0.251 e. The maximum absolute atomic E-state index is 11.8. The molecule has 1 nitrogen and oxygen atoms in total. The second kappa shape index (κ2) is 5.72. The lowest BCUT2D eigenvalue weighted by atomic mass is 9.91. The molecule has 98 valence electrons. The average Bonchev–Trinajstić information content (AvgIpc) is 2.39. The van der Waals surface area contributed by atoms with Crippen LogP contribution in [0.3, 0.4) is 0 Å². The van der Waals surface area contributed by atoms with Crippen molar-refractivity contribution in [3.63, 3.8) is 0 Å². The molecule has 0 amide bonds. The van der Waals surface area contributed by atoms with Crippen molar-refractivity contribution in [3.8, 4) is 0 Å². The van der Waals surface area contributed by atoms with Gasteiger partial charge in [-0.05, 0) is 47.0 Å². The molecule has 0 fully saturated rings. The summed E-state index contributed by atoms with van der Waals surface area (Å²) in [6, 6.07) is 13.3. The van der Waals surface area contributed by atoms with Gasteiger partial charge in [0.15, 0.2) is 4.87 Å². The molecule has 2 aromatic rings. The van der Waals surface area contributed by atoms with Crippen molar-refractivity contribution in [1.82, 2.24) is 0 Å². The summed E-state index contributed by atoms with van der Waals surface area (Å²) in [6.07, 6.45) is 0. The number of hydrogen-bond acceptors (Lipinski definition) is 1. The number of carbonyl (C=O) groups is 1. The molecule has 0 aromatic heterocycles. The summed E-state index contributed by atoms with van der Waals surface area (Å²) >= 11 is 23.8. The molecule has 0 atom stereocenters. The van der Waals surface area contributed by atoms with Gasteiger partial charge in [-0.1, -0.05) is 59.1 Å². The summed E-state index contributed by atoms with van der Waals surface area (Å²) in [5, 5.41) is 0.431. The van der Waals surface area contributed by atoms with E-state index in [0.29, 0.717) is 21.2 Å². The Hall–Kier alpha value is -0.730. The minimum Gasteiger partial charge on any atom is -0.278 e. The first-order chi connectivity index (χ1) is 8.94. The monoisotopic (exact) mass is 332 g/mol. The van der Waals surface area contributed by atoms with Crippen molar-refractivity contribution < 1.29 is 4.79 Å². The molecule has 0 radical (unpaired) electrons. The van der Waals surface area contributed by atoms with E-state index in [1.165, 1.54) is 0 Å². The highest BCUT2D eigenvalue weighted by Crippen LogP contribution is 2.39. The SMILES string of the molecule is O=C(Cl)C(Cl)(c1ccc(Cl)cc1)c1ccc(Cl)cc1. The first-order valence-electron chi connectivity index (χ1n) is 5.35. The van der Waals surface area contributed by atoms with Gasteiger partial charge in [0.25, 0.3) is 5.24 Å². The van der Waals surface area contributed by atoms with Crippen molar-refractivity contribution in [2.45, 2.75) is 4.87 Å². The number of benzene rings is 2. The number of hydrogen-bond donors (Lipinski definition) is 0. The molecule has 2 aromatic carbocycles. The largest absolute Gasteiger partial charge is 0.278 e. The molecule has 0 saturated heterocycles. The Bertz CT molecular complexity index is 544. The topological polar surface area (TPSA) is 17.1 Å². The molecule has 0 aliphatic rings. The fourth-order valence-electron chi connectivity index (χ4n) is 1.75. The van der Waals surface area contributed by atoms with E-state index in [-0.39, 0.29) is 0 Å². The molecule has 0 heterocycles. The Kier molecular flexibility index (Phi) is 4.42. The van der Waals surface area contributed by atoms with E-state index in [9.17, 15) is 4.79 Å². The standard InChI is InChI=1S/C14H8Cl4O/c15-11-5-1-9(2-6-11)14(18,13(17)19)10-3-7-12(16)8-4-10/h1-8H. The van der Waals surface area contributed by atoms with Crippen LogP contribution in [-0.4, -0.2) is 5.24 Å². The van der Waals surface area contributed by atoms with Crippen LogP contribution < -0.4 is 0 Å². The van der Waals surface area contributed by atoms with E-state index >= 15 is 0 Å². The fourth-order valence-corrected chi connectivity index (χ4v) is 2.47. The molecular formula is C14H8Cl4O. The minimum atomic E-state index is -1.45. The second-order valence-electron chi connectivity index (χ2n) is 3.95. The van der Waals surface area contributed by atoms with Crippen molar-refractivity contribution in [3.05, 3.63) is 69.7 Å². The summed E-state index contributed by atoms with van der Waals surface area (Å²) in [4.78, 5) is 10.4. The number of halogens is 4. The van der Waals surface area contributed by atoms with Crippen LogP contribution in [0.25, 0.3) is 0 Å². The second-order valence-corrected chi connectivity index (χ2v) is 5.73. The summed E-state index contributed by atoms with van der Waals surface area (Å²) in [5.74, 6) is 0. The third-order valence-corrected chi connectivity index (χ3v) is 4.25. The van der Waals surface area contributed by atoms with Crippen LogP contribution >= 0.6 is 46.4 Å². The van der Waals surface area contributed by atoms with Crippen molar-refractivity contribution in [2.75, 3.05) is 0 Å². The highest BCUT2D eigenvalue weighted by molar-refractivity contribution is 6.71. The molecule has 19 heavy (non-hydrogen) atoms. The number of alkyl halides is 1. The lowest BCUT2D eigenvalue weighted by Crippen LogP contribution is -2.27. The number of rotatable bonds is 3. The first-order valence-corrected chi connectivity index (χ1v) is 6.86. The third kappa shape index (κ3) is 2.90. The molecule has 0 bridgehead atoms. The van der Waals surface area contributed by atoms with E-state index in [4.69, 9.17) is 46.4 Å². The predicted octanol–water partition coefficient (Wildman–Crippen LogP) is 5.24. The van der Waals surface area contributed by atoms with E-state index < -0.39 is 10.1 Å². The molecule has 2 rings (SSSR count). The maximum atomic E-state index is 11.8. The van der Waals surface area contributed by atoms with Crippen molar-refractivity contribution in [2.24, 2.45) is 0 Å². The first kappa shape index (κ1) is 14.7. The average molecular weight is 334 g/mol. The zero-order valence-electron chi connectivity index (χ0n) is 9.54. The van der Waals surface area contributed by atoms with Gasteiger partial charge in [0.05, 0.1) is 0 Å². The van der Waals surface area contributed by atoms with Gasteiger partial charge in [-0.3, -0.25) is 4.79 Å². The van der Waals surface area contributed by atoms with Crippen LogP contribution in [0.5, 0.6) is 0 Å². The van der Waals surface area contributed by atoms with Gasteiger partial charge < -0.3 is 0 Å². The molecule has 5 heteroatoms. The Labute approximate surface area is 131 Å². The van der Waals surface area contributed by atoms with Gasteiger partial charge in [0.2, 0.25) is 0 Å². The molecular weight excluding hydrogens is 326 g/mol. The quantitative estimate of drug-likeness (QED) is 0.554. The van der Waals surface area contributed by atoms with Gasteiger partial charge >= 0.3 is 0 Å². The van der Waals surface area contributed by atoms with Crippen LogP contribution in [0.15, 0.2) is 48.5 Å². The Balaban J connectivity index is 2.57. The molecule has 0 aliphatic carbocycles. The molecule has 0 spiro atoms. The van der Waals surface area contributed by atoms with Gasteiger partial charge in [0.1, 0.15) is 0 Å². The van der Waals surface area contributed by atoms with Crippen molar-refractivity contribution >= 4 is 51.6 Å². The van der Waals surface area contributed by atoms with Crippen LogP contribution in [-0.2, 0) is 9.67 Å². The summed E-state index contributed by atoms with van der Waals surface area (Å²) < 4.78 is 0. The predicted molar refractivity (Wildman–Crippen MR) is 80.4 cm³/mol. The van der Waals surface area contributed by atoms with Gasteiger partial charge in [0, 0.05) is 10.0 Å². The Morgan fingerprint density at radius 1 is 0.789 bits per heavy atom. The molecule has 0 saturated carbocycles. The number of carbonyl (C=O) groups excluding carboxylic acids is 1. The van der Waals surface area contributed by atoms with Crippen LogP contribution in [0, 0.1) is 0 Å². The molecule has 0 unspecified atom stereocenters. The van der Waals surface area contributed by atoms with Gasteiger partial charge in [-0.2, -0.15) is 0 Å². The Morgan fingerprint density at radius 3 is 1.37 bits per heavy atom. The normalized spacial score (nSPS) is 11.4. The van der Waals surface area contributed by atoms with Crippen molar-refractivity contribution in [1.29, 1.82) is 0 Å². The summed E-state index contributed by atoms with van der Waals surface area (Å²) in [7, 11) is 0. The highest BCUT2D eigenvalue weighted by atomic mass is 35.5. The van der Waals surface area contributed by atoms with Crippen LogP contribution in [0.2, 0.25) is 10.0 Å². The molecule has 0 aliphatic heterocycles. The third-order valence-electron chi connectivity index (χ3n) is 2.75. The molecule has 0 N–H and O–H groups in total. The lowest BCUT2D eigenvalue weighted by Gasteiger charge is -2.24. The van der Waals surface area contributed by atoms with E-state index in [1.807, 2.05) is 0 Å². The van der Waals surface area contributed by atoms with E-state index in [1.54, 1.807) is 48.5 Å².